The molecule has 1 aliphatic rings. The molecule has 0 N–H and O–H groups in total. The van der Waals surface area contributed by atoms with Crippen LogP contribution in [0.15, 0.2) is 45.5 Å². The highest BCUT2D eigenvalue weighted by atomic mass is 79.9. The van der Waals surface area contributed by atoms with Crippen molar-refractivity contribution in [3.05, 3.63) is 58.0 Å². The van der Waals surface area contributed by atoms with Gasteiger partial charge in [0.2, 0.25) is 5.91 Å². The Morgan fingerprint density at radius 2 is 1.84 bits per heavy atom. The van der Waals surface area contributed by atoms with E-state index >= 15 is 0 Å². The molecule has 0 bridgehead atoms. The molecule has 0 radical (unpaired) electrons. The lowest BCUT2D eigenvalue weighted by molar-refractivity contribution is -0.135. The van der Waals surface area contributed by atoms with Gasteiger partial charge in [-0.25, -0.2) is 0 Å². The van der Waals surface area contributed by atoms with Crippen LogP contribution in [0, 0.1) is 0 Å². The Bertz CT molecular complexity index is 847. The Morgan fingerprint density at radius 3 is 2.48 bits per heavy atom. The molecule has 130 valence electrons. The summed E-state index contributed by atoms with van der Waals surface area (Å²) in [6.07, 6.45) is 1.54. The fraction of sp³-hybridized carbons (Fsp3) is 0.278. The lowest BCUT2D eigenvalue weighted by Crippen LogP contribution is -2.48. The van der Waals surface area contributed by atoms with Gasteiger partial charge in [0.1, 0.15) is 11.8 Å². The van der Waals surface area contributed by atoms with E-state index in [0.717, 1.165) is 4.90 Å². The van der Waals surface area contributed by atoms with Gasteiger partial charge in [-0.2, -0.15) is 0 Å². The number of benzene rings is 1. The summed E-state index contributed by atoms with van der Waals surface area (Å²) in [7, 11) is 1.63. The number of likely N-dealkylation sites (N-methyl/N-ethyl adjacent to an activating group) is 1. The molecule has 25 heavy (non-hydrogen) atoms. The predicted octanol–water partition coefficient (Wildman–Crippen LogP) is 3.25. The maximum atomic E-state index is 12.8. The van der Waals surface area contributed by atoms with Crippen molar-refractivity contribution in [2.45, 2.75) is 25.9 Å². The molecule has 2 aromatic rings. The van der Waals surface area contributed by atoms with E-state index in [2.05, 4.69) is 15.9 Å². The second kappa shape index (κ2) is 6.48. The van der Waals surface area contributed by atoms with E-state index < -0.39 is 17.9 Å². The lowest BCUT2D eigenvalue weighted by atomic mass is 10.1. The van der Waals surface area contributed by atoms with Crippen LogP contribution in [0.4, 0.5) is 0 Å². The summed E-state index contributed by atoms with van der Waals surface area (Å²) >= 11 is 3.29. The van der Waals surface area contributed by atoms with Crippen molar-refractivity contribution < 1.29 is 18.8 Å². The van der Waals surface area contributed by atoms with Gasteiger partial charge in [0.15, 0.2) is 0 Å². The predicted molar refractivity (Wildman–Crippen MR) is 94.0 cm³/mol. The molecule has 6 nitrogen and oxygen atoms in total. The molecule has 1 aromatic carbocycles. The largest absolute Gasteiger partial charge is 0.467 e. The summed E-state index contributed by atoms with van der Waals surface area (Å²) in [6.45, 7) is 3.38. The van der Waals surface area contributed by atoms with E-state index in [0.29, 0.717) is 21.4 Å². The molecule has 3 amide bonds. The highest BCUT2D eigenvalue weighted by Crippen LogP contribution is 2.29. The van der Waals surface area contributed by atoms with Crippen molar-refractivity contribution >= 4 is 33.7 Å². The van der Waals surface area contributed by atoms with Gasteiger partial charge in [0.25, 0.3) is 11.8 Å². The van der Waals surface area contributed by atoms with Gasteiger partial charge >= 0.3 is 0 Å². The van der Waals surface area contributed by atoms with Crippen molar-refractivity contribution in [3.63, 3.8) is 0 Å². The Balaban J connectivity index is 1.83. The molecule has 2 heterocycles. The number of carbonyl (C=O) groups excluding carboxylic acids is 3. The standard InChI is InChI=1S/C18H17BrN2O4/c1-10(15-5-4-8-25-15)20(3)16(22)11(2)21-17(23)13-7-6-12(19)9-14(13)18(21)24/h4-11H,1-3H3. The van der Waals surface area contributed by atoms with Crippen molar-refractivity contribution in [1.29, 1.82) is 0 Å². The zero-order valence-corrected chi connectivity index (χ0v) is 15.6. The smallest absolute Gasteiger partial charge is 0.262 e. The van der Waals surface area contributed by atoms with Gasteiger partial charge in [-0.3, -0.25) is 19.3 Å². The summed E-state index contributed by atoms with van der Waals surface area (Å²) in [5.41, 5.74) is 0.621. The Morgan fingerprint density at radius 1 is 1.16 bits per heavy atom. The number of hydrogen-bond acceptors (Lipinski definition) is 4. The number of hydrogen-bond donors (Lipinski definition) is 0. The van der Waals surface area contributed by atoms with Crippen molar-refractivity contribution in [2.75, 3.05) is 7.05 Å². The van der Waals surface area contributed by atoms with Gasteiger partial charge < -0.3 is 9.32 Å². The molecule has 7 heteroatoms. The third kappa shape index (κ3) is 2.89. The number of furan rings is 1. The monoisotopic (exact) mass is 404 g/mol. The normalized spacial score (nSPS) is 15.9. The topological polar surface area (TPSA) is 70.8 Å². The number of carbonyl (C=O) groups is 3. The molecule has 1 aromatic heterocycles. The molecule has 0 saturated carbocycles. The average molecular weight is 405 g/mol. The first-order valence-corrected chi connectivity index (χ1v) is 8.59. The first-order chi connectivity index (χ1) is 11.8. The van der Waals surface area contributed by atoms with Gasteiger partial charge in [-0.15, -0.1) is 0 Å². The highest BCUT2D eigenvalue weighted by molar-refractivity contribution is 9.10. The van der Waals surface area contributed by atoms with Crippen LogP contribution >= 0.6 is 15.9 Å². The third-order valence-corrected chi connectivity index (χ3v) is 5.00. The van der Waals surface area contributed by atoms with Crippen LogP contribution in [0.1, 0.15) is 46.4 Å². The number of amides is 3. The number of imide groups is 1. The Labute approximate surface area is 153 Å². The summed E-state index contributed by atoms with van der Waals surface area (Å²) < 4.78 is 6.04. The van der Waals surface area contributed by atoms with Crippen LogP contribution < -0.4 is 0 Å². The van der Waals surface area contributed by atoms with E-state index in [1.54, 1.807) is 44.3 Å². The molecular formula is C18H17BrN2O4. The maximum absolute atomic E-state index is 12.8. The summed E-state index contributed by atoms with van der Waals surface area (Å²) in [6, 6.07) is 7.19. The number of rotatable bonds is 4. The molecular weight excluding hydrogens is 388 g/mol. The highest BCUT2D eigenvalue weighted by Gasteiger charge is 2.42. The van der Waals surface area contributed by atoms with Crippen molar-refractivity contribution in [3.8, 4) is 0 Å². The lowest BCUT2D eigenvalue weighted by Gasteiger charge is -2.29. The average Bonchev–Trinajstić information content (AvgIpc) is 3.20. The second-order valence-electron chi connectivity index (χ2n) is 5.99. The second-order valence-corrected chi connectivity index (χ2v) is 6.90. The van der Waals surface area contributed by atoms with Crippen LogP contribution in [0.3, 0.4) is 0 Å². The SMILES string of the molecule is CC(c1ccco1)N(C)C(=O)C(C)N1C(=O)c2ccc(Br)cc2C1=O. The van der Waals surface area contributed by atoms with E-state index in [-0.39, 0.29) is 11.9 Å². The molecule has 0 aliphatic carbocycles. The van der Waals surface area contributed by atoms with Crippen LogP contribution in [0.25, 0.3) is 0 Å². The van der Waals surface area contributed by atoms with Crippen LogP contribution in [-0.2, 0) is 4.79 Å². The summed E-state index contributed by atoms with van der Waals surface area (Å²) in [5, 5.41) is 0. The number of fused-ring (bicyclic) bond motifs is 1. The van der Waals surface area contributed by atoms with Crippen LogP contribution in [-0.4, -0.2) is 40.6 Å². The maximum Gasteiger partial charge on any atom is 0.262 e. The van der Waals surface area contributed by atoms with E-state index in [4.69, 9.17) is 4.42 Å². The minimum atomic E-state index is -0.909. The fourth-order valence-electron chi connectivity index (χ4n) is 2.90. The van der Waals surface area contributed by atoms with Crippen LogP contribution in [0.5, 0.6) is 0 Å². The number of halogens is 1. The minimum Gasteiger partial charge on any atom is -0.467 e. The molecule has 0 saturated heterocycles. The summed E-state index contributed by atoms with van der Waals surface area (Å²) in [4.78, 5) is 40.5. The van der Waals surface area contributed by atoms with Crippen LogP contribution in [0.2, 0.25) is 0 Å². The Hall–Kier alpha value is -2.41. The molecule has 3 rings (SSSR count). The zero-order chi connectivity index (χ0) is 18.3. The minimum absolute atomic E-state index is 0.306. The fourth-order valence-corrected chi connectivity index (χ4v) is 3.26. The Kier molecular flexibility index (Phi) is 4.51. The first kappa shape index (κ1) is 17.4. The molecule has 0 spiro atoms. The summed E-state index contributed by atoms with van der Waals surface area (Å²) in [5.74, 6) is -0.611. The molecule has 1 aliphatic heterocycles. The van der Waals surface area contributed by atoms with Crippen molar-refractivity contribution in [2.24, 2.45) is 0 Å². The van der Waals surface area contributed by atoms with E-state index in [1.165, 1.54) is 11.2 Å². The van der Waals surface area contributed by atoms with Gasteiger partial charge in [0, 0.05) is 11.5 Å². The molecule has 2 atom stereocenters. The first-order valence-electron chi connectivity index (χ1n) is 7.80. The quantitative estimate of drug-likeness (QED) is 0.733. The van der Waals surface area contributed by atoms with E-state index in [1.807, 2.05) is 6.92 Å². The van der Waals surface area contributed by atoms with Crippen molar-refractivity contribution in [1.82, 2.24) is 9.80 Å². The van der Waals surface area contributed by atoms with Gasteiger partial charge in [-0.1, -0.05) is 15.9 Å². The zero-order valence-electron chi connectivity index (χ0n) is 14.0. The van der Waals surface area contributed by atoms with E-state index in [9.17, 15) is 14.4 Å². The molecule has 2 unspecified atom stereocenters. The third-order valence-electron chi connectivity index (χ3n) is 4.51. The number of nitrogens with zero attached hydrogens (tertiary/aromatic N) is 2. The molecule has 0 fully saturated rings. The van der Waals surface area contributed by atoms with Gasteiger partial charge in [0.05, 0.1) is 23.4 Å². The van der Waals surface area contributed by atoms with Gasteiger partial charge in [-0.05, 0) is 44.2 Å².